The van der Waals surface area contributed by atoms with Crippen LogP contribution in [0, 0.1) is 6.92 Å². The summed E-state index contributed by atoms with van der Waals surface area (Å²) in [5.41, 5.74) is 9.41. The Balaban J connectivity index is 2.22. The normalized spacial score (nSPS) is 17.8. The van der Waals surface area contributed by atoms with E-state index in [4.69, 9.17) is 5.73 Å². The monoisotopic (exact) mass is 238 g/mol. The third-order valence-electron chi connectivity index (χ3n) is 2.97. The molecule has 0 bridgehead atoms. The summed E-state index contributed by atoms with van der Waals surface area (Å²) >= 11 is 0. The van der Waals surface area contributed by atoms with E-state index in [9.17, 15) is 4.21 Å². The first-order valence-electron chi connectivity index (χ1n) is 5.60. The van der Waals surface area contributed by atoms with Gasteiger partial charge in [-0.05, 0) is 18.6 Å². The first kappa shape index (κ1) is 11.6. The summed E-state index contributed by atoms with van der Waals surface area (Å²) in [5.74, 6) is 1.55. The van der Waals surface area contributed by atoms with Crippen molar-refractivity contribution in [1.82, 2.24) is 0 Å². The molecule has 3 nitrogen and oxygen atoms in total. The van der Waals surface area contributed by atoms with Crippen LogP contribution in [0.5, 0.6) is 0 Å². The fourth-order valence-electron chi connectivity index (χ4n) is 2.07. The van der Waals surface area contributed by atoms with E-state index >= 15 is 0 Å². The Kier molecular flexibility index (Phi) is 3.61. The van der Waals surface area contributed by atoms with Crippen LogP contribution in [0.15, 0.2) is 18.2 Å². The zero-order valence-electron chi connectivity index (χ0n) is 9.61. The first-order chi connectivity index (χ1) is 7.70. The molecular weight excluding hydrogens is 220 g/mol. The third kappa shape index (κ3) is 2.44. The molecular formula is C12H18N2OS. The summed E-state index contributed by atoms with van der Waals surface area (Å²) < 4.78 is 11.3. The Bertz CT molecular complexity index is 396. The highest BCUT2D eigenvalue weighted by Crippen LogP contribution is 2.22. The molecule has 1 saturated heterocycles. The molecule has 0 radical (unpaired) electrons. The van der Waals surface area contributed by atoms with Gasteiger partial charge in [0.25, 0.3) is 0 Å². The fourth-order valence-corrected chi connectivity index (χ4v) is 3.12. The molecule has 0 atom stereocenters. The maximum atomic E-state index is 11.3. The molecule has 1 aromatic carbocycles. The molecule has 1 aliphatic rings. The van der Waals surface area contributed by atoms with Crippen molar-refractivity contribution in [2.24, 2.45) is 5.73 Å². The SMILES string of the molecule is Cc1ccc(N2CCS(=O)CC2)c(CN)c1. The Hall–Kier alpha value is -0.870. The molecule has 4 heteroatoms. The van der Waals surface area contributed by atoms with Crippen LogP contribution in [0.3, 0.4) is 0 Å². The van der Waals surface area contributed by atoms with Crippen molar-refractivity contribution in [3.05, 3.63) is 29.3 Å². The van der Waals surface area contributed by atoms with Crippen molar-refractivity contribution in [1.29, 1.82) is 0 Å². The summed E-state index contributed by atoms with van der Waals surface area (Å²) in [4.78, 5) is 2.29. The lowest BCUT2D eigenvalue weighted by molar-refractivity contribution is 0.673. The Morgan fingerprint density at radius 1 is 1.38 bits per heavy atom. The molecule has 2 rings (SSSR count). The van der Waals surface area contributed by atoms with Gasteiger partial charge in [-0.1, -0.05) is 17.7 Å². The average molecular weight is 238 g/mol. The second-order valence-corrected chi connectivity index (χ2v) is 5.87. The van der Waals surface area contributed by atoms with Crippen LogP contribution in [0.25, 0.3) is 0 Å². The van der Waals surface area contributed by atoms with E-state index in [0.29, 0.717) is 6.54 Å². The summed E-state index contributed by atoms with van der Waals surface area (Å²) in [7, 11) is -0.621. The molecule has 2 N–H and O–H groups in total. The molecule has 88 valence electrons. The quantitative estimate of drug-likeness (QED) is 0.837. The molecule has 1 aromatic rings. The molecule has 16 heavy (non-hydrogen) atoms. The van der Waals surface area contributed by atoms with Crippen LogP contribution in [0.2, 0.25) is 0 Å². The van der Waals surface area contributed by atoms with Gasteiger partial charge < -0.3 is 10.6 Å². The van der Waals surface area contributed by atoms with Gasteiger partial charge in [0, 0.05) is 47.6 Å². The maximum absolute atomic E-state index is 11.3. The second kappa shape index (κ2) is 4.97. The zero-order valence-corrected chi connectivity index (χ0v) is 10.4. The number of hydrogen-bond donors (Lipinski definition) is 1. The molecule has 1 heterocycles. The standard InChI is InChI=1S/C12H18N2OS/c1-10-2-3-12(11(8-10)9-13)14-4-6-16(15)7-5-14/h2-3,8H,4-7,9,13H2,1H3. The van der Waals surface area contributed by atoms with E-state index in [0.717, 1.165) is 24.6 Å². The zero-order chi connectivity index (χ0) is 11.5. The predicted octanol–water partition coefficient (Wildman–Crippen LogP) is 1.02. The lowest BCUT2D eigenvalue weighted by Gasteiger charge is -2.30. The van der Waals surface area contributed by atoms with Gasteiger partial charge in [-0.15, -0.1) is 0 Å². The Morgan fingerprint density at radius 2 is 2.06 bits per heavy atom. The number of nitrogens with two attached hydrogens (primary N) is 1. The highest BCUT2D eigenvalue weighted by atomic mass is 32.2. The van der Waals surface area contributed by atoms with Crippen LogP contribution in [0.4, 0.5) is 5.69 Å². The van der Waals surface area contributed by atoms with E-state index in [-0.39, 0.29) is 0 Å². The van der Waals surface area contributed by atoms with E-state index in [1.54, 1.807) is 0 Å². The Labute approximate surface area is 99.1 Å². The lowest BCUT2D eigenvalue weighted by Crippen LogP contribution is -2.38. The van der Waals surface area contributed by atoms with Crippen molar-refractivity contribution in [3.63, 3.8) is 0 Å². The molecule has 0 aliphatic carbocycles. The van der Waals surface area contributed by atoms with Crippen molar-refractivity contribution >= 4 is 16.5 Å². The minimum Gasteiger partial charge on any atom is -0.369 e. The highest BCUT2D eigenvalue weighted by molar-refractivity contribution is 7.85. The summed E-state index contributed by atoms with van der Waals surface area (Å²) in [6.07, 6.45) is 0. The van der Waals surface area contributed by atoms with Crippen LogP contribution >= 0.6 is 0 Å². The minimum absolute atomic E-state index is 0.566. The van der Waals surface area contributed by atoms with Crippen LogP contribution in [0.1, 0.15) is 11.1 Å². The first-order valence-corrected chi connectivity index (χ1v) is 7.09. The summed E-state index contributed by atoms with van der Waals surface area (Å²) in [6.45, 7) is 4.40. The number of aryl methyl sites for hydroxylation is 1. The minimum atomic E-state index is -0.621. The van der Waals surface area contributed by atoms with E-state index in [1.807, 2.05) is 0 Å². The molecule has 0 unspecified atom stereocenters. The molecule has 0 saturated carbocycles. The third-order valence-corrected chi connectivity index (χ3v) is 4.25. The topological polar surface area (TPSA) is 46.3 Å². The van der Waals surface area contributed by atoms with Crippen LogP contribution < -0.4 is 10.6 Å². The van der Waals surface area contributed by atoms with Gasteiger partial charge in [0.1, 0.15) is 0 Å². The van der Waals surface area contributed by atoms with Gasteiger partial charge in [-0.3, -0.25) is 4.21 Å². The van der Waals surface area contributed by atoms with Crippen molar-refractivity contribution in [2.45, 2.75) is 13.5 Å². The number of nitrogens with zero attached hydrogens (tertiary/aromatic N) is 1. The summed E-state index contributed by atoms with van der Waals surface area (Å²) in [6, 6.07) is 6.38. The Morgan fingerprint density at radius 3 is 2.69 bits per heavy atom. The van der Waals surface area contributed by atoms with Crippen molar-refractivity contribution in [2.75, 3.05) is 29.5 Å². The largest absolute Gasteiger partial charge is 0.369 e. The van der Waals surface area contributed by atoms with Gasteiger partial charge in [0.15, 0.2) is 0 Å². The molecule has 1 fully saturated rings. The van der Waals surface area contributed by atoms with Gasteiger partial charge in [-0.2, -0.15) is 0 Å². The van der Waals surface area contributed by atoms with Crippen LogP contribution in [-0.2, 0) is 17.3 Å². The number of rotatable bonds is 2. The van der Waals surface area contributed by atoms with Gasteiger partial charge in [-0.25, -0.2) is 0 Å². The predicted molar refractivity (Wildman–Crippen MR) is 69.2 cm³/mol. The van der Waals surface area contributed by atoms with E-state index in [1.165, 1.54) is 16.8 Å². The highest BCUT2D eigenvalue weighted by Gasteiger charge is 2.17. The molecule has 1 aliphatic heterocycles. The molecule has 0 amide bonds. The molecule has 0 aromatic heterocycles. The smallest absolute Gasteiger partial charge is 0.0412 e. The number of anilines is 1. The van der Waals surface area contributed by atoms with Gasteiger partial charge >= 0.3 is 0 Å². The van der Waals surface area contributed by atoms with Crippen molar-refractivity contribution in [3.8, 4) is 0 Å². The lowest BCUT2D eigenvalue weighted by atomic mass is 10.1. The average Bonchev–Trinajstić information content (AvgIpc) is 2.30. The van der Waals surface area contributed by atoms with E-state index in [2.05, 4.69) is 30.0 Å². The van der Waals surface area contributed by atoms with Crippen molar-refractivity contribution < 1.29 is 4.21 Å². The number of hydrogen-bond acceptors (Lipinski definition) is 3. The number of benzene rings is 1. The van der Waals surface area contributed by atoms with Crippen LogP contribution in [-0.4, -0.2) is 28.8 Å². The van der Waals surface area contributed by atoms with Gasteiger partial charge in [0.05, 0.1) is 0 Å². The van der Waals surface area contributed by atoms with E-state index < -0.39 is 10.8 Å². The second-order valence-electron chi connectivity index (χ2n) is 4.17. The van der Waals surface area contributed by atoms with Gasteiger partial charge in [0.2, 0.25) is 0 Å². The summed E-state index contributed by atoms with van der Waals surface area (Å²) in [5, 5.41) is 0. The fraction of sp³-hybridized carbons (Fsp3) is 0.500. The molecule has 0 spiro atoms. The maximum Gasteiger partial charge on any atom is 0.0412 e.